The van der Waals surface area contributed by atoms with E-state index in [2.05, 4.69) is 0 Å². The molecule has 1 aromatic heterocycles. The van der Waals surface area contributed by atoms with Gasteiger partial charge in [-0.05, 0) is 38.5 Å². The van der Waals surface area contributed by atoms with E-state index >= 15 is 0 Å². The molecule has 124 valence electrons. The number of hydrogen-bond donors (Lipinski definition) is 0. The number of allylic oxidation sites excluding steroid dienone is 2. The molecule has 4 nitrogen and oxygen atoms in total. The zero-order valence-corrected chi connectivity index (χ0v) is 14.5. The second-order valence-corrected chi connectivity index (χ2v) is 6.20. The number of carbonyl (C=O) groups excluding carboxylic acids is 2. The van der Waals surface area contributed by atoms with Crippen LogP contribution in [0.15, 0.2) is 39.8 Å². The highest BCUT2D eigenvalue weighted by Crippen LogP contribution is 2.37. The Kier molecular flexibility index (Phi) is 3.91. The lowest BCUT2D eigenvalue weighted by Gasteiger charge is -2.12. The number of ketones is 2. The van der Waals surface area contributed by atoms with Crippen LogP contribution in [0.5, 0.6) is 5.75 Å². The van der Waals surface area contributed by atoms with Crippen LogP contribution in [0.3, 0.4) is 0 Å². The van der Waals surface area contributed by atoms with Crippen LogP contribution in [0.2, 0.25) is 0 Å². The van der Waals surface area contributed by atoms with Gasteiger partial charge in [0.2, 0.25) is 5.78 Å². The molecule has 0 aliphatic heterocycles. The Balaban J connectivity index is 2.07. The predicted octanol–water partition coefficient (Wildman–Crippen LogP) is 4.46. The summed E-state index contributed by atoms with van der Waals surface area (Å²) in [7, 11) is 1.62. The van der Waals surface area contributed by atoms with Crippen LogP contribution >= 0.6 is 0 Å². The summed E-state index contributed by atoms with van der Waals surface area (Å²) >= 11 is 0. The van der Waals surface area contributed by atoms with E-state index in [4.69, 9.17) is 9.15 Å². The number of carbonyl (C=O) groups is 2. The molecule has 0 spiro atoms. The second kappa shape index (κ2) is 5.78. The van der Waals surface area contributed by atoms with Crippen LogP contribution in [-0.2, 0) is 0 Å². The molecule has 0 bridgehead atoms. The fourth-order valence-electron chi connectivity index (χ4n) is 3.12. The van der Waals surface area contributed by atoms with E-state index in [9.17, 15) is 9.59 Å². The third-order valence-electron chi connectivity index (χ3n) is 4.87. The molecule has 0 radical (unpaired) electrons. The fraction of sp³-hybridized carbons (Fsp3) is 0.300. The first-order valence-electron chi connectivity index (χ1n) is 7.90. The van der Waals surface area contributed by atoms with Gasteiger partial charge >= 0.3 is 0 Å². The Morgan fingerprint density at radius 2 is 1.54 bits per heavy atom. The van der Waals surface area contributed by atoms with Crippen molar-refractivity contribution in [2.24, 2.45) is 0 Å². The van der Waals surface area contributed by atoms with Crippen LogP contribution < -0.4 is 4.74 Å². The summed E-state index contributed by atoms with van der Waals surface area (Å²) in [4.78, 5) is 25.0. The second-order valence-electron chi connectivity index (χ2n) is 6.20. The lowest BCUT2D eigenvalue weighted by atomic mass is 9.87. The number of methoxy groups -OCH3 is 1. The first-order valence-corrected chi connectivity index (χ1v) is 7.90. The SMILES string of the molecule is COc1ccc(C(C)c2oc3c(c2C)C(=O)C(C)=C(C)C3=O)cc1. The Bertz CT molecular complexity index is 866. The highest BCUT2D eigenvalue weighted by molar-refractivity contribution is 6.26. The number of benzene rings is 1. The normalized spacial score (nSPS) is 15.5. The predicted molar refractivity (Wildman–Crippen MR) is 91.0 cm³/mol. The van der Waals surface area contributed by atoms with Gasteiger partial charge in [0.05, 0.1) is 12.7 Å². The lowest BCUT2D eigenvalue weighted by molar-refractivity contribution is 0.0955. The maximum atomic E-state index is 12.6. The molecule has 0 saturated carbocycles. The molecule has 0 amide bonds. The highest BCUT2D eigenvalue weighted by atomic mass is 16.5. The Labute approximate surface area is 141 Å². The van der Waals surface area contributed by atoms with E-state index in [1.165, 1.54) is 0 Å². The van der Waals surface area contributed by atoms with Gasteiger partial charge < -0.3 is 9.15 Å². The van der Waals surface area contributed by atoms with Gasteiger partial charge in [-0.3, -0.25) is 9.59 Å². The average Bonchev–Trinajstić information content (AvgIpc) is 2.95. The minimum Gasteiger partial charge on any atom is -0.497 e. The summed E-state index contributed by atoms with van der Waals surface area (Å²) in [5.74, 6) is 1.24. The van der Waals surface area contributed by atoms with Gasteiger partial charge in [-0.2, -0.15) is 0 Å². The number of fused-ring (bicyclic) bond motifs is 1. The molecule has 1 atom stereocenters. The van der Waals surface area contributed by atoms with Crippen LogP contribution in [-0.4, -0.2) is 18.7 Å². The van der Waals surface area contributed by atoms with Crippen molar-refractivity contribution in [3.05, 3.63) is 63.6 Å². The summed E-state index contributed by atoms with van der Waals surface area (Å²) in [6.07, 6.45) is 0. The van der Waals surface area contributed by atoms with E-state index < -0.39 is 0 Å². The van der Waals surface area contributed by atoms with Crippen LogP contribution in [0, 0.1) is 6.92 Å². The number of Topliss-reactive ketones (excluding diaryl/α,β-unsaturated/α-hetero) is 2. The molecule has 2 aromatic rings. The van der Waals surface area contributed by atoms with Crippen molar-refractivity contribution in [1.82, 2.24) is 0 Å². The van der Waals surface area contributed by atoms with E-state index in [-0.39, 0.29) is 23.2 Å². The largest absolute Gasteiger partial charge is 0.497 e. The molecule has 0 fully saturated rings. The van der Waals surface area contributed by atoms with Crippen molar-refractivity contribution in [1.29, 1.82) is 0 Å². The summed E-state index contributed by atoms with van der Waals surface area (Å²) in [5.41, 5.74) is 3.16. The van der Waals surface area contributed by atoms with Crippen molar-refractivity contribution in [2.75, 3.05) is 7.11 Å². The van der Waals surface area contributed by atoms with Crippen molar-refractivity contribution in [3.8, 4) is 5.75 Å². The van der Waals surface area contributed by atoms with E-state index in [0.717, 1.165) is 16.9 Å². The van der Waals surface area contributed by atoms with Crippen molar-refractivity contribution in [3.63, 3.8) is 0 Å². The first kappa shape index (κ1) is 16.2. The maximum absolute atomic E-state index is 12.6. The third-order valence-corrected chi connectivity index (χ3v) is 4.87. The van der Waals surface area contributed by atoms with E-state index in [1.54, 1.807) is 21.0 Å². The summed E-state index contributed by atoms with van der Waals surface area (Å²) in [6.45, 7) is 7.21. The highest BCUT2D eigenvalue weighted by Gasteiger charge is 2.35. The molecule has 1 aliphatic carbocycles. The Morgan fingerprint density at radius 3 is 2.12 bits per heavy atom. The molecule has 1 unspecified atom stereocenters. The lowest BCUT2D eigenvalue weighted by Crippen LogP contribution is -2.18. The number of rotatable bonds is 3. The van der Waals surface area contributed by atoms with Crippen LogP contribution in [0.1, 0.15) is 64.5 Å². The average molecular weight is 324 g/mol. The quantitative estimate of drug-likeness (QED) is 0.836. The van der Waals surface area contributed by atoms with Gasteiger partial charge in [-0.25, -0.2) is 0 Å². The Hall–Kier alpha value is -2.62. The number of hydrogen-bond acceptors (Lipinski definition) is 4. The molecule has 1 aromatic carbocycles. The monoisotopic (exact) mass is 324 g/mol. The summed E-state index contributed by atoms with van der Waals surface area (Å²) in [6, 6.07) is 7.69. The van der Waals surface area contributed by atoms with Gasteiger partial charge in [-0.15, -0.1) is 0 Å². The minimum absolute atomic E-state index is 0.0669. The standard InChI is InChI=1S/C20H20O4/c1-10-11(2)18(22)20-16(17(10)21)13(4)19(24-20)12(3)14-6-8-15(23-5)9-7-14/h6-9,12H,1-5H3. The topological polar surface area (TPSA) is 56.5 Å². The first-order chi connectivity index (χ1) is 11.4. The number of furan rings is 1. The number of ether oxygens (including phenoxy) is 1. The zero-order chi connectivity index (χ0) is 17.6. The smallest absolute Gasteiger partial charge is 0.225 e. The Morgan fingerprint density at radius 1 is 0.958 bits per heavy atom. The van der Waals surface area contributed by atoms with Gasteiger partial charge in [-0.1, -0.05) is 19.1 Å². The van der Waals surface area contributed by atoms with Crippen LogP contribution in [0.4, 0.5) is 0 Å². The molecule has 1 heterocycles. The van der Waals surface area contributed by atoms with Crippen molar-refractivity contribution >= 4 is 11.6 Å². The third kappa shape index (κ3) is 2.30. The fourth-order valence-corrected chi connectivity index (χ4v) is 3.12. The molecule has 3 rings (SSSR count). The minimum atomic E-state index is -0.196. The molecular formula is C20H20O4. The zero-order valence-electron chi connectivity index (χ0n) is 14.5. The van der Waals surface area contributed by atoms with E-state index in [0.29, 0.717) is 22.5 Å². The molecular weight excluding hydrogens is 304 g/mol. The molecule has 0 saturated heterocycles. The molecule has 1 aliphatic rings. The summed E-state index contributed by atoms with van der Waals surface area (Å²) < 4.78 is 11.1. The van der Waals surface area contributed by atoms with Gasteiger partial charge in [0.25, 0.3) is 0 Å². The van der Waals surface area contributed by atoms with Crippen molar-refractivity contribution in [2.45, 2.75) is 33.6 Å². The maximum Gasteiger partial charge on any atom is 0.225 e. The molecule has 0 N–H and O–H groups in total. The van der Waals surface area contributed by atoms with Crippen molar-refractivity contribution < 1.29 is 18.7 Å². The molecule has 4 heteroatoms. The van der Waals surface area contributed by atoms with E-state index in [1.807, 2.05) is 38.1 Å². The molecule has 24 heavy (non-hydrogen) atoms. The van der Waals surface area contributed by atoms with Crippen LogP contribution in [0.25, 0.3) is 0 Å². The summed E-state index contributed by atoms with van der Waals surface area (Å²) in [5, 5.41) is 0. The van der Waals surface area contributed by atoms with Gasteiger partial charge in [0.15, 0.2) is 11.5 Å². The van der Waals surface area contributed by atoms with Gasteiger partial charge in [0, 0.05) is 22.6 Å². The van der Waals surface area contributed by atoms with Gasteiger partial charge in [0.1, 0.15) is 11.5 Å².